The van der Waals surface area contributed by atoms with Gasteiger partial charge in [-0.2, -0.15) is 5.10 Å². The Morgan fingerprint density at radius 1 is 1.46 bits per heavy atom. The maximum atomic E-state index is 12.9. The molecule has 0 aromatic carbocycles. The van der Waals surface area contributed by atoms with Gasteiger partial charge >= 0.3 is 5.97 Å². The molecule has 24 heavy (non-hydrogen) atoms. The first-order valence-electron chi connectivity index (χ1n) is 8.19. The number of aromatic nitrogens is 2. The summed E-state index contributed by atoms with van der Waals surface area (Å²) in [5, 5.41) is 16.9. The van der Waals surface area contributed by atoms with Gasteiger partial charge in [0.1, 0.15) is 6.04 Å². The summed E-state index contributed by atoms with van der Waals surface area (Å²) in [4.78, 5) is 27.5. The van der Waals surface area contributed by atoms with Gasteiger partial charge in [0.2, 0.25) is 5.91 Å². The highest BCUT2D eigenvalue weighted by Gasteiger charge is 2.45. The molecule has 3 atom stereocenters. The Kier molecular flexibility index (Phi) is 3.78. The molecule has 3 aliphatic heterocycles. The molecule has 0 radical (unpaired) electrons. The Labute approximate surface area is 139 Å². The van der Waals surface area contributed by atoms with Crippen molar-refractivity contribution in [2.45, 2.75) is 38.1 Å². The van der Waals surface area contributed by atoms with Crippen molar-refractivity contribution < 1.29 is 19.4 Å². The number of nitrogens with one attached hydrogen (secondary N) is 1. The molecule has 130 valence electrons. The van der Waals surface area contributed by atoms with E-state index in [9.17, 15) is 9.59 Å². The number of ether oxygens (including phenoxy) is 1. The second kappa shape index (κ2) is 5.83. The highest BCUT2D eigenvalue weighted by molar-refractivity contribution is 5.99. The zero-order valence-electron chi connectivity index (χ0n) is 13.5. The maximum absolute atomic E-state index is 12.9. The number of aliphatic carboxylic acids is 1. The van der Waals surface area contributed by atoms with E-state index in [1.165, 1.54) is 0 Å². The molecule has 3 aliphatic rings. The first kappa shape index (κ1) is 15.6. The van der Waals surface area contributed by atoms with Crippen LogP contribution in [-0.4, -0.2) is 76.1 Å². The second-order valence-corrected chi connectivity index (χ2v) is 6.66. The molecular weight excluding hydrogens is 314 g/mol. The van der Waals surface area contributed by atoms with Crippen molar-refractivity contribution in [3.63, 3.8) is 0 Å². The Bertz CT molecular complexity index is 675. The molecule has 2 bridgehead atoms. The summed E-state index contributed by atoms with van der Waals surface area (Å²) in [6, 6.07) is -0.302. The van der Waals surface area contributed by atoms with Crippen molar-refractivity contribution >= 4 is 17.6 Å². The summed E-state index contributed by atoms with van der Waals surface area (Å²) in [5.74, 6) is -1.03. The van der Waals surface area contributed by atoms with Crippen LogP contribution in [0.25, 0.3) is 0 Å². The average molecular weight is 335 g/mol. The SMILES string of the molecule is C[C@H]1Cn2ncc(N3CC4COCC(C3=O)N4CC(=O)O)c2CN1. The molecule has 2 fully saturated rings. The van der Waals surface area contributed by atoms with Crippen molar-refractivity contribution in [1.82, 2.24) is 20.0 Å². The largest absolute Gasteiger partial charge is 0.480 e. The van der Waals surface area contributed by atoms with Crippen LogP contribution >= 0.6 is 0 Å². The van der Waals surface area contributed by atoms with E-state index in [-0.39, 0.29) is 25.1 Å². The number of morpholine rings is 1. The summed E-state index contributed by atoms with van der Waals surface area (Å²) in [7, 11) is 0. The van der Waals surface area contributed by atoms with E-state index in [0.717, 1.165) is 17.9 Å². The lowest BCUT2D eigenvalue weighted by molar-refractivity contribution is -0.149. The van der Waals surface area contributed by atoms with Gasteiger partial charge in [0.25, 0.3) is 0 Å². The Morgan fingerprint density at radius 3 is 3.08 bits per heavy atom. The number of hydrogen-bond acceptors (Lipinski definition) is 6. The van der Waals surface area contributed by atoms with E-state index < -0.39 is 12.0 Å². The van der Waals surface area contributed by atoms with Crippen LogP contribution in [-0.2, 0) is 27.4 Å². The quantitative estimate of drug-likeness (QED) is 0.721. The number of carbonyl (C=O) groups excluding carboxylic acids is 1. The number of amides is 1. The fourth-order valence-electron chi connectivity index (χ4n) is 3.79. The van der Waals surface area contributed by atoms with Crippen LogP contribution in [0.4, 0.5) is 5.69 Å². The third-order valence-corrected chi connectivity index (χ3v) is 5.00. The predicted octanol–water partition coefficient (Wildman–Crippen LogP) is -1.12. The van der Waals surface area contributed by atoms with Crippen molar-refractivity contribution in [3.05, 3.63) is 11.9 Å². The predicted molar refractivity (Wildman–Crippen MR) is 83.6 cm³/mol. The molecule has 2 saturated heterocycles. The molecule has 0 spiro atoms. The number of piperazine rings is 1. The van der Waals surface area contributed by atoms with Gasteiger partial charge in [0.15, 0.2) is 0 Å². The van der Waals surface area contributed by atoms with Crippen molar-refractivity contribution in [1.29, 1.82) is 0 Å². The van der Waals surface area contributed by atoms with Gasteiger partial charge in [-0.1, -0.05) is 0 Å². The number of hydrogen-bond donors (Lipinski definition) is 2. The second-order valence-electron chi connectivity index (χ2n) is 6.66. The number of nitrogens with zero attached hydrogens (tertiary/aromatic N) is 4. The molecule has 9 nitrogen and oxygen atoms in total. The molecule has 0 saturated carbocycles. The van der Waals surface area contributed by atoms with Gasteiger partial charge < -0.3 is 20.1 Å². The summed E-state index contributed by atoms with van der Waals surface area (Å²) in [6.45, 7) is 4.51. The Morgan fingerprint density at radius 2 is 2.29 bits per heavy atom. The number of carbonyl (C=O) groups is 2. The third kappa shape index (κ3) is 2.48. The minimum absolute atomic E-state index is 0.108. The van der Waals surface area contributed by atoms with Crippen LogP contribution in [0.1, 0.15) is 12.6 Å². The number of carboxylic acid groups (broad SMARTS) is 1. The van der Waals surface area contributed by atoms with Crippen molar-refractivity contribution in [2.24, 2.45) is 0 Å². The Balaban J connectivity index is 1.62. The molecule has 9 heteroatoms. The summed E-state index contributed by atoms with van der Waals surface area (Å²) >= 11 is 0. The molecule has 4 rings (SSSR count). The molecule has 1 amide bonds. The van der Waals surface area contributed by atoms with Crippen LogP contribution < -0.4 is 10.2 Å². The van der Waals surface area contributed by atoms with Gasteiger partial charge in [-0.15, -0.1) is 0 Å². The number of fused-ring (bicyclic) bond motifs is 3. The van der Waals surface area contributed by atoms with Crippen LogP contribution in [0.2, 0.25) is 0 Å². The van der Waals surface area contributed by atoms with Crippen LogP contribution in [0.5, 0.6) is 0 Å². The smallest absolute Gasteiger partial charge is 0.317 e. The zero-order valence-corrected chi connectivity index (χ0v) is 13.5. The summed E-state index contributed by atoms with van der Waals surface area (Å²) < 4.78 is 7.44. The highest BCUT2D eigenvalue weighted by atomic mass is 16.5. The number of anilines is 1. The van der Waals surface area contributed by atoms with Crippen LogP contribution in [0.3, 0.4) is 0 Å². The summed E-state index contributed by atoms with van der Waals surface area (Å²) in [5.41, 5.74) is 1.83. The fourth-order valence-corrected chi connectivity index (χ4v) is 3.79. The minimum Gasteiger partial charge on any atom is -0.480 e. The average Bonchev–Trinajstić information content (AvgIpc) is 2.93. The number of rotatable bonds is 3. The first-order chi connectivity index (χ1) is 11.5. The third-order valence-electron chi connectivity index (χ3n) is 5.00. The standard InChI is InChI=1S/C15H21N5O4/c1-9-4-20-12(2-16-9)11(3-17-20)19-5-10-7-24-8-13(15(19)23)18(10)6-14(21)22/h3,9-10,13,16H,2,4-8H2,1H3,(H,21,22)/t9-,10?,13?/m0/s1. The first-order valence-corrected chi connectivity index (χ1v) is 8.19. The van der Waals surface area contributed by atoms with Gasteiger partial charge in [0, 0.05) is 19.1 Å². The van der Waals surface area contributed by atoms with Gasteiger partial charge in [0.05, 0.1) is 49.9 Å². The lowest BCUT2D eigenvalue weighted by Crippen LogP contribution is -2.68. The maximum Gasteiger partial charge on any atom is 0.317 e. The normalized spacial score (nSPS) is 30.3. The van der Waals surface area contributed by atoms with E-state index in [1.807, 2.05) is 4.68 Å². The van der Waals surface area contributed by atoms with E-state index in [4.69, 9.17) is 9.84 Å². The van der Waals surface area contributed by atoms with Gasteiger partial charge in [-0.25, -0.2) is 0 Å². The molecule has 1 aromatic rings. The molecule has 4 heterocycles. The number of carboxylic acids is 1. The monoisotopic (exact) mass is 335 g/mol. The minimum atomic E-state index is -0.922. The van der Waals surface area contributed by atoms with E-state index in [1.54, 1.807) is 16.0 Å². The molecular formula is C15H21N5O4. The topological polar surface area (TPSA) is 99.9 Å². The molecule has 2 unspecified atom stereocenters. The van der Waals surface area contributed by atoms with Crippen LogP contribution in [0.15, 0.2) is 6.20 Å². The fraction of sp³-hybridized carbons (Fsp3) is 0.667. The molecule has 2 N–H and O–H groups in total. The lowest BCUT2D eigenvalue weighted by Gasteiger charge is -2.48. The Hall–Kier alpha value is -1.97. The molecule has 1 aromatic heterocycles. The van der Waals surface area contributed by atoms with E-state index in [2.05, 4.69) is 17.3 Å². The lowest BCUT2D eigenvalue weighted by atomic mass is 10.0. The van der Waals surface area contributed by atoms with Crippen molar-refractivity contribution in [2.75, 3.05) is 31.2 Å². The van der Waals surface area contributed by atoms with E-state index in [0.29, 0.717) is 25.7 Å². The summed E-state index contributed by atoms with van der Waals surface area (Å²) in [6.07, 6.45) is 1.75. The van der Waals surface area contributed by atoms with Gasteiger partial charge in [-0.3, -0.25) is 19.2 Å². The highest BCUT2D eigenvalue weighted by Crippen LogP contribution is 2.30. The van der Waals surface area contributed by atoms with Crippen LogP contribution in [0, 0.1) is 0 Å². The zero-order chi connectivity index (χ0) is 16.8. The van der Waals surface area contributed by atoms with Gasteiger partial charge in [-0.05, 0) is 6.92 Å². The van der Waals surface area contributed by atoms with E-state index >= 15 is 0 Å². The molecule has 0 aliphatic carbocycles. The van der Waals surface area contributed by atoms with Crippen molar-refractivity contribution in [3.8, 4) is 0 Å².